The monoisotopic (exact) mass is 275 g/mol. The zero-order chi connectivity index (χ0) is 14.5. The van der Waals surface area contributed by atoms with Crippen LogP contribution in [0.15, 0.2) is 35.4 Å². The van der Waals surface area contributed by atoms with Crippen molar-refractivity contribution in [3.63, 3.8) is 0 Å². The summed E-state index contributed by atoms with van der Waals surface area (Å²) in [6.45, 7) is 1.89. The van der Waals surface area contributed by atoms with Gasteiger partial charge in [0.15, 0.2) is 0 Å². The summed E-state index contributed by atoms with van der Waals surface area (Å²) in [6, 6.07) is 9.36. The summed E-state index contributed by atoms with van der Waals surface area (Å²) in [6.07, 6.45) is 1.04. The van der Waals surface area contributed by atoms with Crippen molar-refractivity contribution in [2.45, 2.75) is 25.8 Å². The molecule has 2 rings (SSSR count). The van der Waals surface area contributed by atoms with E-state index in [1.165, 1.54) is 5.01 Å². The van der Waals surface area contributed by atoms with Gasteiger partial charge in [-0.05, 0) is 18.9 Å². The number of nitrogens with zero attached hydrogens (tertiary/aromatic N) is 2. The molecule has 1 fully saturated rings. The Labute approximate surface area is 117 Å². The smallest absolute Gasteiger partial charge is 0.375 e. The molecular weight excluding hydrogens is 258 g/mol. The highest BCUT2D eigenvalue weighted by molar-refractivity contribution is 6.34. The average Bonchev–Trinajstić information content (AvgIpc) is 2.81. The van der Waals surface area contributed by atoms with Gasteiger partial charge < -0.3 is 10.5 Å². The molecule has 1 atom stereocenters. The number of amides is 1. The quantitative estimate of drug-likeness (QED) is 0.510. The van der Waals surface area contributed by atoms with Crippen LogP contribution >= 0.6 is 0 Å². The Kier molecular flexibility index (Phi) is 4.34. The Balaban J connectivity index is 2.21. The molecule has 1 amide bonds. The van der Waals surface area contributed by atoms with E-state index in [-0.39, 0.29) is 24.4 Å². The number of esters is 1. The van der Waals surface area contributed by atoms with Gasteiger partial charge in [0.1, 0.15) is 0 Å². The molecule has 0 bridgehead atoms. The van der Waals surface area contributed by atoms with Crippen LogP contribution in [-0.4, -0.2) is 29.3 Å². The molecule has 0 aliphatic carbocycles. The first-order chi connectivity index (χ1) is 9.63. The molecule has 1 aliphatic rings. The highest BCUT2D eigenvalue weighted by Crippen LogP contribution is 2.32. The molecule has 6 nitrogen and oxygen atoms in total. The van der Waals surface area contributed by atoms with E-state index in [0.29, 0.717) is 12.8 Å². The minimum absolute atomic E-state index is 0.147. The zero-order valence-corrected chi connectivity index (χ0v) is 11.3. The molecule has 0 unspecified atom stereocenters. The largest absolute Gasteiger partial charge is 0.460 e. The summed E-state index contributed by atoms with van der Waals surface area (Å²) in [5.41, 5.74) is 6.54. The van der Waals surface area contributed by atoms with Crippen molar-refractivity contribution in [1.29, 1.82) is 0 Å². The maximum atomic E-state index is 11.9. The van der Waals surface area contributed by atoms with E-state index in [4.69, 9.17) is 10.5 Å². The minimum atomic E-state index is -0.709. The molecule has 1 aromatic rings. The van der Waals surface area contributed by atoms with Crippen molar-refractivity contribution in [2.24, 2.45) is 10.8 Å². The third-order valence-corrected chi connectivity index (χ3v) is 3.07. The van der Waals surface area contributed by atoms with Crippen LogP contribution in [-0.2, 0) is 14.3 Å². The lowest BCUT2D eigenvalue weighted by molar-refractivity contribution is -0.135. The van der Waals surface area contributed by atoms with E-state index in [1.807, 2.05) is 30.3 Å². The van der Waals surface area contributed by atoms with Gasteiger partial charge in [-0.1, -0.05) is 30.3 Å². The molecular formula is C14H17N3O3. The molecule has 2 N–H and O–H groups in total. The fraction of sp³-hybridized carbons (Fsp3) is 0.357. The number of nitrogens with two attached hydrogens (primary N) is 1. The number of hydrogen-bond acceptors (Lipinski definition) is 4. The van der Waals surface area contributed by atoms with E-state index in [9.17, 15) is 9.59 Å². The lowest BCUT2D eigenvalue weighted by Gasteiger charge is -2.20. The van der Waals surface area contributed by atoms with Crippen LogP contribution in [0.25, 0.3) is 0 Å². The highest BCUT2D eigenvalue weighted by atomic mass is 16.5. The van der Waals surface area contributed by atoms with Crippen LogP contribution in [0.2, 0.25) is 0 Å². The van der Waals surface area contributed by atoms with Crippen molar-refractivity contribution in [3.8, 4) is 0 Å². The number of rotatable bonds is 3. The second kappa shape index (κ2) is 6.18. The second-order valence-corrected chi connectivity index (χ2v) is 4.41. The van der Waals surface area contributed by atoms with E-state index < -0.39 is 5.97 Å². The predicted octanol–water partition coefficient (Wildman–Crippen LogP) is 1.19. The second-order valence-electron chi connectivity index (χ2n) is 4.41. The first-order valence-corrected chi connectivity index (χ1v) is 6.51. The van der Waals surface area contributed by atoms with Gasteiger partial charge in [-0.3, -0.25) is 4.79 Å². The number of hydrazone groups is 1. The Morgan fingerprint density at radius 2 is 2.15 bits per heavy atom. The number of carbonyl (C=O) groups is 2. The van der Waals surface area contributed by atoms with Gasteiger partial charge in [-0.2, -0.15) is 0 Å². The molecule has 6 heteroatoms. The van der Waals surface area contributed by atoms with Gasteiger partial charge in [0.2, 0.25) is 11.7 Å². The molecule has 0 aromatic heterocycles. The molecule has 1 heterocycles. The summed E-state index contributed by atoms with van der Waals surface area (Å²) in [7, 11) is 0. The SMILES string of the molecule is CCOC(=O)/C(N)=N/N1C(=O)CC[C@H]1c1ccccc1. The molecule has 106 valence electrons. The first kappa shape index (κ1) is 14.0. The number of amidine groups is 1. The molecule has 0 spiro atoms. The van der Waals surface area contributed by atoms with Crippen LogP contribution in [0.1, 0.15) is 31.4 Å². The lowest BCUT2D eigenvalue weighted by Crippen LogP contribution is -2.32. The molecule has 20 heavy (non-hydrogen) atoms. The van der Waals surface area contributed by atoms with E-state index in [1.54, 1.807) is 6.92 Å². The first-order valence-electron chi connectivity index (χ1n) is 6.51. The third kappa shape index (κ3) is 2.96. The van der Waals surface area contributed by atoms with Gasteiger partial charge in [-0.25, -0.2) is 9.80 Å². The van der Waals surface area contributed by atoms with Crippen LogP contribution in [0, 0.1) is 0 Å². The number of benzene rings is 1. The number of hydrogen-bond donors (Lipinski definition) is 1. The molecule has 1 aromatic carbocycles. The fourth-order valence-electron chi connectivity index (χ4n) is 2.14. The van der Waals surface area contributed by atoms with E-state index >= 15 is 0 Å². The standard InChI is InChI=1S/C14H17N3O3/c1-2-20-14(19)13(15)16-17-11(8-9-12(17)18)10-6-4-3-5-7-10/h3-7,11H,2,8-9H2,1H3,(H2,15,16)/t11-/m0/s1. The highest BCUT2D eigenvalue weighted by Gasteiger charge is 2.33. The molecule has 0 radical (unpaired) electrons. The predicted molar refractivity (Wildman–Crippen MR) is 73.5 cm³/mol. The van der Waals surface area contributed by atoms with Crippen molar-refractivity contribution < 1.29 is 14.3 Å². The van der Waals surface area contributed by atoms with Crippen molar-refractivity contribution in [2.75, 3.05) is 6.61 Å². The van der Waals surface area contributed by atoms with Gasteiger partial charge >= 0.3 is 5.97 Å². The van der Waals surface area contributed by atoms with Gasteiger partial charge in [-0.15, -0.1) is 5.10 Å². The Morgan fingerprint density at radius 3 is 2.80 bits per heavy atom. The van der Waals surface area contributed by atoms with Crippen molar-refractivity contribution >= 4 is 17.7 Å². The normalized spacial score (nSPS) is 19.2. The van der Waals surface area contributed by atoms with Gasteiger partial charge in [0, 0.05) is 6.42 Å². The van der Waals surface area contributed by atoms with Crippen LogP contribution < -0.4 is 5.73 Å². The van der Waals surface area contributed by atoms with Gasteiger partial charge in [0.05, 0.1) is 12.6 Å². The summed E-state index contributed by atoms with van der Waals surface area (Å²) < 4.78 is 4.76. The zero-order valence-electron chi connectivity index (χ0n) is 11.3. The average molecular weight is 275 g/mol. The van der Waals surface area contributed by atoms with E-state index in [0.717, 1.165) is 5.56 Å². The topological polar surface area (TPSA) is 85.0 Å². The van der Waals surface area contributed by atoms with Crippen LogP contribution in [0.4, 0.5) is 0 Å². The Bertz CT molecular complexity index is 528. The molecule has 0 saturated carbocycles. The minimum Gasteiger partial charge on any atom is -0.460 e. The summed E-state index contributed by atoms with van der Waals surface area (Å²) in [4.78, 5) is 23.3. The Hall–Kier alpha value is -2.37. The van der Waals surface area contributed by atoms with Crippen molar-refractivity contribution in [1.82, 2.24) is 5.01 Å². The molecule has 1 aliphatic heterocycles. The molecule has 1 saturated heterocycles. The Morgan fingerprint density at radius 1 is 1.45 bits per heavy atom. The maximum Gasteiger partial charge on any atom is 0.375 e. The lowest BCUT2D eigenvalue weighted by atomic mass is 10.1. The van der Waals surface area contributed by atoms with Crippen molar-refractivity contribution in [3.05, 3.63) is 35.9 Å². The summed E-state index contributed by atoms with van der Waals surface area (Å²) in [5, 5.41) is 5.22. The maximum absolute atomic E-state index is 11.9. The summed E-state index contributed by atoms with van der Waals surface area (Å²) >= 11 is 0. The van der Waals surface area contributed by atoms with Crippen LogP contribution in [0.5, 0.6) is 0 Å². The van der Waals surface area contributed by atoms with Crippen LogP contribution in [0.3, 0.4) is 0 Å². The third-order valence-electron chi connectivity index (χ3n) is 3.07. The number of ether oxygens (including phenoxy) is 1. The van der Waals surface area contributed by atoms with E-state index in [2.05, 4.69) is 5.10 Å². The fourth-order valence-corrected chi connectivity index (χ4v) is 2.14. The summed E-state index contributed by atoms with van der Waals surface area (Å²) in [5.74, 6) is -1.16. The van der Waals surface area contributed by atoms with Gasteiger partial charge in [0.25, 0.3) is 0 Å². The number of carbonyl (C=O) groups excluding carboxylic acids is 2.